The first-order valence-electron chi connectivity index (χ1n) is 7.56. The molecule has 1 aliphatic carbocycles. The smallest absolute Gasteiger partial charge is 0.0960 e. The summed E-state index contributed by atoms with van der Waals surface area (Å²) in [6.45, 7) is 4.16. The molecule has 1 fully saturated rings. The summed E-state index contributed by atoms with van der Waals surface area (Å²) in [6.07, 6.45) is 4.61. The van der Waals surface area contributed by atoms with Gasteiger partial charge in [-0.15, -0.1) is 0 Å². The number of nitrogens with zero attached hydrogens (tertiary/aromatic N) is 2. The second kappa shape index (κ2) is 5.54. The maximum Gasteiger partial charge on any atom is 0.0960 e. The number of ether oxygens (including phenoxy) is 1. The van der Waals surface area contributed by atoms with Crippen LogP contribution in [0.1, 0.15) is 38.3 Å². The van der Waals surface area contributed by atoms with Crippen molar-refractivity contribution in [1.29, 1.82) is 0 Å². The largest absolute Gasteiger partial charge is 0.367 e. The Balaban J connectivity index is 1.84. The maximum atomic E-state index is 6.19. The highest BCUT2D eigenvalue weighted by Gasteiger charge is 2.33. The molecule has 0 aliphatic heterocycles. The van der Waals surface area contributed by atoms with Gasteiger partial charge in [-0.05, 0) is 25.8 Å². The van der Waals surface area contributed by atoms with Crippen LogP contribution in [0.4, 0.5) is 0 Å². The molecular weight excluding hydrogens is 250 g/mol. The number of hydrogen-bond donors (Lipinski definition) is 1. The fraction of sp³-hybridized carbons (Fsp3) is 0.562. The third-order valence-corrected chi connectivity index (χ3v) is 4.44. The molecule has 2 aromatic rings. The minimum Gasteiger partial charge on any atom is -0.367 e. The minimum absolute atomic E-state index is 0.114. The van der Waals surface area contributed by atoms with Gasteiger partial charge < -0.3 is 10.5 Å². The molecule has 1 heterocycles. The molecule has 0 saturated heterocycles. The predicted molar refractivity (Wildman–Crippen MR) is 80.4 cm³/mol. The Morgan fingerprint density at radius 2 is 2.05 bits per heavy atom. The van der Waals surface area contributed by atoms with Gasteiger partial charge in [-0.25, -0.2) is 0 Å². The van der Waals surface area contributed by atoms with E-state index in [1.807, 2.05) is 4.68 Å². The second-order valence-electron chi connectivity index (χ2n) is 5.66. The molecule has 3 rings (SSSR count). The van der Waals surface area contributed by atoms with E-state index in [1.54, 1.807) is 0 Å². The van der Waals surface area contributed by atoms with Crippen molar-refractivity contribution in [1.82, 2.24) is 9.78 Å². The summed E-state index contributed by atoms with van der Waals surface area (Å²) in [5.41, 5.74) is 8.02. The second-order valence-corrected chi connectivity index (χ2v) is 5.66. The molecule has 1 aliphatic rings. The standard InChI is InChI=1S/C16H23N3O/c1-2-19-15-8-4-3-7-13(15)14(18-19)11-20-16(12-17)9-5-6-10-16/h3-4,7-8H,2,5-6,9-12,17H2,1H3. The first-order chi connectivity index (χ1) is 9.78. The van der Waals surface area contributed by atoms with Crippen LogP contribution in [0.15, 0.2) is 24.3 Å². The molecule has 0 unspecified atom stereocenters. The van der Waals surface area contributed by atoms with E-state index < -0.39 is 0 Å². The van der Waals surface area contributed by atoms with Crippen molar-refractivity contribution in [3.05, 3.63) is 30.0 Å². The fourth-order valence-corrected chi connectivity index (χ4v) is 3.19. The van der Waals surface area contributed by atoms with Gasteiger partial charge in [0, 0.05) is 18.5 Å². The first kappa shape index (κ1) is 13.6. The summed E-state index contributed by atoms with van der Waals surface area (Å²) < 4.78 is 8.23. The summed E-state index contributed by atoms with van der Waals surface area (Å²) in [5, 5.41) is 5.88. The van der Waals surface area contributed by atoms with Crippen molar-refractivity contribution in [2.75, 3.05) is 6.54 Å². The van der Waals surface area contributed by atoms with Gasteiger partial charge in [0.25, 0.3) is 0 Å². The molecule has 1 saturated carbocycles. The van der Waals surface area contributed by atoms with Crippen LogP contribution in [-0.2, 0) is 17.9 Å². The summed E-state index contributed by atoms with van der Waals surface area (Å²) in [4.78, 5) is 0. The predicted octanol–water partition coefficient (Wildman–Crippen LogP) is 2.84. The highest BCUT2D eigenvalue weighted by molar-refractivity contribution is 5.81. The highest BCUT2D eigenvalue weighted by atomic mass is 16.5. The molecule has 1 aromatic heterocycles. The summed E-state index contributed by atoms with van der Waals surface area (Å²) >= 11 is 0. The van der Waals surface area contributed by atoms with E-state index >= 15 is 0 Å². The maximum absolute atomic E-state index is 6.19. The summed E-state index contributed by atoms with van der Waals surface area (Å²) in [6, 6.07) is 8.35. The molecule has 0 radical (unpaired) electrons. The Hall–Kier alpha value is -1.39. The van der Waals surface area contributed by atoms with Crippen LogP contribution in [-0.4, -0.2) is 21.9 Å². The van der Waals surface area contributed by atoms with Crippen molar-refractivity contribution in [2.24, 2.45) is 5.73 Å². The Morgan fingerprint density at radius 3 is 2.75 bits per heavy atom. The van der Waals surface area contributed by atoms with Gasteiger partial charge in [0.15, 0.2) is 0 Å². The van der Waals surface area contributed by atoms with Crippen LogP contribution >= 0.6 is 0 Å². The molecule has 108 valence electrons. The quantitative estimate of drug-likeness (QED) is 0.911. The van der Waals surface area contributed by atoms with Crippen LogP contribution in [0.2, 0.25) is 0 Å². The van der Waals surface area contributed by atoms with E-state index in [-0.39, 0.29) is 5.60 Å². The Morgan fingerprint density at radius 1 is 1.30 bits per heavy atom. The zero-order valence-electron chi connectivity index (χ0n) is 12.1. The Bertz CT molecular complexity index is 584. The number of fused-ring (bicyclic) bond motifs is 1. The summed E-state index contributed by atoms with van der Waals surface area (Å²) in [7, 11) is 0. The molecule has 20 heavy (non-hydrogen) atoms. The summed E-state index contributed by atoms with van der Waals surface area (Å²) in [5.74, 6) is 0. The highest BCUT2D eigenvalue weighted by Crippen LogP contribution is 2.33. The number of rotatable bonds is 5. The van der Waals surface area contributed by atoms with Gasteiger partial charge in [0.05, 0.1) is 23.4 Å². The van der Waals surface area contributed by atoms with Crippen molar-refractivity contribution in [2.45, 2.75) is 51.4 Å². The van der Waals surface area contributed by atoms with E-state index in [0.717, 1.165) is 25.1 Å². The number of aromatic nitrogens is 2. The number of para-hydroxylation sites is 1. The molecule has 0 bridgehead atoms. The van der Waals surface area contributed by atoms with Gasteiger partial charge in [-0.1, -0.05) is 31.0 Å². The van der Waals surface area contributed by atoms with E-state index in [1.165, 1.54) is 23.7 Å². The molecule has 0 amide bonds. The van der Waals surface area contributed by atoms with Gasteiger partial charge in [0.2, 0.25) is 0 Å². The van der Waals surface area contributed by atoms with Crippen LogP contribution in [0, 0.1) is 0 Å². The first-order valence-corrected chi connectivity index (χ1v) is 7.56. The normalized spacial score (nSPS) is 17.9. The van der Waals surface area contributed by atoms with Crippen molar-refractivity contribution < 1.29 is 4.74 Å². The molecule has 4 nitrogen and oxygen atoms in total. The zero-order chi connectivity index (χ0) is 14.0. The zero-order valence-corrected chi connectivity index (χ0v) is 12.1. The van der Waals surface area contributed by atoms with Crippen molar-refractivity contribution in [3.8, 4) is 0 Å². The van der Waals surface area contributed by atoms with Crippen LogP contribution in [0.25, 0.3) is 10.9 Å². The third kappa shape index (κ3) is 2.34. The molecule has 0 atom stereocenters. The molecule has 2 N–H and O–H groups in total. The molecule has 0 spiro atoms. The minimum atomic E-state index is -0.114. The van der Waals surface area contributed by atoms with E-state index in [0.29, 0.717) is 13.2 Å². The van der Waals surface area contributed by atoms with Crippen LogP contribution < -0.4 is 5.73 Å². The Labute approximate surface area is 119 Å². The SMILES string of the molecule is CCn1nc(COC2(CN)CCCC2)c2ccccc21. The lowest BCUT2D eigenvalue weighted by atomic mass is 10.0. The lowest BCUT2D eigenvalue weighted by Crippen LogP contribution is -2.37. The number of aryl methyl sites for hydroxylation is 1. The van der Waals surface area contributed by atoms with E-state index in [9.17, 15) is 0 Å². The average Bonchev–Trinajstić information content (AvgIpc) is 3.10. The van der Waals surface area contributed by atoms with Crippen molar-refractivity contribution in [3.63, 3.8) is 0 Å². The molecular formula is C16H23N3O. The van der Waals surface area contributed by atoms with Gasteiger partial charge in [-0.2, -0.15) is 5.10 Å². The number of benzene rings is 1. The third-order valence-electron chi connectivity index (χ3n) is 4.44. The van der Waals surface area contributed by atoms with Crippen LogP contribution in [0.3, 0.4) is 0 Å². The Kier molecular flexibility index (Phi) is 3.76. The average molecular weight is 273 g/mol. The van der Waals surface area contributed by atoms with E-state index in [4.69, 9.17) is 10.5 Å². The number of hydrogen-bond acceptors (Lipinski definition) is 3. The lowest BCUT2D eigenvalue weighted by Gasteiger charge is -2.27. The lowest BCUT2D eigenvalue weighted by molar-refractivity contribution is -0.0458. The monoisotopic (exact) mass is 273 g/mol. The van der Waals surface area contributed by atoms with Crippen LogP contribution in [0.5, 0.6) is 0 Å². The molecule has 4 heteroatoms. The van der Waals surface area contributed by atoms with Crippen molar-refractivity contribution >= 4 is 10.9 Å². The van der Waals surface area contributed by atoms with E-state index in [2.05, 4.69) is 36.3 Å². The van der Waals surface area contributed by atoms with Gasteiger partial charge in [0.1, 0.15) is 0 Å². The van der Waals surface area contributed by atoms with Gasteiger partial charge in [-0.3, -0.25) is 4.68 Å². The number of nitrogens with two attached hydrogens (primary N) is 1. The fourth-order valence-electron chi connectivity index (χ4n) is 3.19. The topological polar surface area (TPSA) is 53.1 Å². The van der Waals surface area contributed by atoms with Gasteiger partial charge >= 0.3 is 0 Å². The molecule has 1 aromatic carbocycles.